The van der Waals surface area contributed by atoms with Gasteiger partial charge in [-0.2, -0.15) is 5.10 Å². The average molecular weight is 362 g/mol. The topological polar surface area (TPSA) is 107 Å². The van der Waals surface area contributed by atoms with Crippen LogP contribution in [-0.4, -0.2) is 36.9 Å². The molecule has 0 spiro atoms. The van der Waals surface area contributed by atoms with Crippen LogP contribution in [-0.2, 0) is 14.6 Å². The molecule has 1 aliphatic rings. The van der Waals surface area contributed by atoms with E-state index in [1.807, 2.05) is 0 Å². The minimum atomic E-state index is -3.38. The number of carbonyl (C=O) groups is 1. The zero-order chi connectivity index (χ0) is 18.0. The average Bonchev–Trinajstić information content (AvgIpc) is 3.22. The Kier molecular flexibility index (Phi) is 4.91. The molecule has 1 heterocycles. The Labute approximate surface area is 147 Å². The SMILES string of the molecule is CS(=O)(=O)c1ccccc1-n1cc(NC(=O)[C@@H]2CCC[C@@H]2CN)cn1. The molecule has 1 amide bonds. The summed E-state index contributed by atoms with van der Waals surface area (Å²) in [5.41, 5.74) is 6.73. The predicted molar refractivity (Wildman–Crippen MR) is 95.2 cm³/mol. The quantitative estimate of drug-likeness (QED) is 0.840. The van der Waals surface area contributed by atoms with Crippen molar-refractivity contribution in [3.05, 3.63) is 36.7 Å². The van der Waals surface area contributed by atoms with Crippen molar-refractivity contribution in [2.24, 2.45) is 17.6 Å². The van der Waals surface area contributed by atoms with Crippen molar-refractivity contribution in [3.63, 3.8) is 0 Å². The molecular formula is C17H22N4O3S. The lowest BCUT2D eigenvalue weighted by Crippen LogP contribution is -2.29. The molecule has 3 rings (SSSR count). The van der Waals surface area contributed by atoms with Gasteiger partial charge in [0.1, 0.15) is 0 Å². The first-order valence-corrected chi connectivity index (χ1v) is 10.1. The summed E-state index contributed by atoms with van der Waals surface area (Å²) in [6.07, 6.45) is 7.14. The fourth-order valence-corrected chi connectivity index (χ4v) is 4.25. The number of para-hydroxylation sites is 1. The Balaban J connectivity index is 1.81. The Morgan fingerprint density at radius 3 is 2.84 bits per heavy atom. The Morgan fingerprint density at radius 2 is 2.12 bits per heavy atom. The number of nitrogens with zero attached hydrogens (tertiary/aromatic N) is 2. The Hall–Kier alpha value is -2.19. The lowest BCUT2D eigenvalue weighted by molar-refractivity contribution is -0.120. The summed E-state index contributed by atoms with van der Waals surface area (Å²) in [5, 5.41) is 7.06. The number of aromatic nitrogens is 2. The molecule has 1 aromatic heterocycles. The van der Waals surface area contributed by atoms with Crippen molar-refractivity contribution in [1.29, 1.82) is 0 Å². The molecule has 0 unspecified atom stereocenters. The van der Waals surface area contributed by atoms with Crippen LogP contribution in [0.25, 0.3) is 5.69 Å². The van der Waals surface area contributed by atoms with Gasteiger partial charge in [0.05, 0.1) is 28.7 Å². The summed E-state index contributed by atoms with van der Waals surface area (Å²) in [7, 11) is -3.38. The third-order valence-electron chi connectivity index (χ3n) is 4.66. The molecule has 2 aromatic rings. The van der Waals surface area contributed by atoms with Crippen LogP contribution in [0.15, 0.2) is 41.6 Å². The summed E-state index contributed by atoms with van der Waals surface area (Å²) < 4.78 is 25.3. The number of hydrogen-bond acceptors (Lipinski definition) is 5. The number of sulfone groups is 1. The van der Waals surface area contributed by atoms with Crippen LogP contribution in [0.3, 0.4) is 0 Å². The first-order valence-electron chi connectivity index (χ1n) is 8.25. The molecule has 2 atom stereocenters. The molecule has 134 valence electrons. The summed E-state index contributed by atoms with van der Waals surface area (Å²) in [6.45, 7) is 0.513. The van der Waals surface area contributed by atoms with Gasteiger partial charge in [-0.05, 0) is 37.4 Å². The number of rotatable bonds is 5. The van der Waals surface area contributed by atoms with Gasteiger partial charge >= 0.3 is 0 Å². The van der Waals surface area contributed by atoms with Crippen molar-refractivity contribution in [2.45, 2.75) is 24.2 Å². The molecule has 0 aliphatic heterocycles. The number of benzene rings is 1. The number of hydrogen-bond donors (Lipinski definition) is 2. The van der Waals surface area contributed by atoms with Gasteiger partial charge in [-0.25, -0.2) is 13.1 Å². The molecule has 3 N–H and O–H groups in total. The highest BCUT2D eigenvalue weighted by Crippen LogP contribution is 2.32. The van der Waals surface area contributed by atoms with Crippen LogP contribution in [0.2, 0.25) is 0 Å². The maximum atomic E-state index is 12.5. The maximum Gasteiger partial charge on any atom is 0.227 e. The highest BCUT2D eigenvalue weighted by atomic mass is 32.2. The number of anilines is 1. The van der Waals surface area contributed by atoms with E-state index in [4.69, 9.17) is 5.73 Å². The zero-order valence-electron chi connectivity index (χ0n) is 14.1. The standard InChI is InChI=1S/C17H22N4O3S/c1-25(23,24)16-8-3-2-7-15(16)21-11-13(10-19-21)20-17(22)14-6-4-5-12(14)9-18/h2-3,7-8,10-12,14H,4-6,9,18H2,1H3,(H,20,22)/t12-,14-/m1/s1. The van der Waals surface area contributed by atoms with Crippen LogP contribution < -0.4 is 11.1 Å². The Bertz CT molecular complexity index is 876. The second kappa shape index (κ2) is 6.97. The van der Waals surface area contributed by atoms with Gasteiger partial charge in [0.25, 0.3) is 0 Å². The number of nitrogens with one attached hydrogen (secondary N) is 1. The van der Waals surface area contributed by atoms with Crippen LogP contribution in [0.5, 0.6) is 0 Å². The second-order valence-electron chi connectivity index (χ2n) is 6.44. The van der Waals surface area contributed by atoms with E-state index in [1.165, 1.54) is 16.9 Å². The van der Waals surface area contributed by atoms with E-state index in [9.17, 15) is 13.2 Å². The largest absolute Gasteiger partial charge is 0.330 e. The normalized spacial score (nSPS) is 20.6. The highest BCUT2D eigenvalue weighted by molar-refractivity contribution is 7.90. The first-order chi connectivity index (χ1) is 11.9. The molecular weight excluding hydrogens is 340 g/mol. The van der Waals surface area contributed by atoms with Gasteiger partial charge in [0.2, 0.25) is 5.91 Å². The molecule has 7 nitrogen and oxygen atoms in total. The van der Waals surface area contributed by atoms with E-state index in [1.54, 1.807) is 24.4 Å². The number of amides is 1. The zero-order valence-corrected chi connectivity index (χ0v) is 14.9. The monoisotopic (exact) mass is 362 g/mol. The van der Waals surface area contributed by atoms with Crippen molar-refractivity contribution >= 4 is 21.4 Å². The Morgan fingerprint density at radius 1 is 1.36 bits per heavy atom. The maximum absolute atomic E-state index is 12.5. The van der Waals surface area contributed by atoms with Gasteiger partial charge < -0.3 is 11.1 Å². The smallest absolute Gasteiger partial charge is 0.227 e. The van der Waals surface area contributed by atoms with Gasteiger partial charge in [-0.15, -0.1) is 0 Å². The molecule has 1 saturated carbocycles. The lowest BCUT2D eigenvalue weighted by atomic mass is 9.95. The van der Waals surface area contributed by atoms with Crippen LogP contribution >= 0.6 is 0 Å². The fourth-order valence-electron chi connectivity index (χ4n) is 3.38. The summed E-state index contributed by atoms with van der Waals surface area (Å²) in [6, 6.07) is 6.62. The third-order valence-corrected chi connectivity index (χ3v) is 5.80. The van der Waals surface area contributed by atoms with Crippen molar-refractivity contribution in [3.8, 4) is 5.69 Å². The van der Waals surface area contributed by atoms with Crippen molar-refractivity contribution < 1.29 is 13.2 Å². The molecule has 0 bridgehead atoms. The van der Waals surface area contributed by atoms with E-state index in [2.05, 4.69) is 10.4 Å². The fraction of sp³-hybridized carbons (Fsp3) is 0.412. The molecule has 25 heavy (non-hydrogen) atoms. The lowest BCUT2D eigenvalue weighted by Gasteiger charge is -2.16. The molecule has 0 saturated heterocycles. The van der Waals surface area contributed by atoms with E-state index >= 15 is 0 Å². The van der Waals surface area contributed by atoms with Crippen LogP contribution in [0.4, 0.5) is 5.69 Å². The molecule has 0 radical (unpaired) electrons. The van der Waals surface area contributed by atoms with Crippen LogP contribution in [0.1, 0.15) is 19.3 Å². The number of carbonyl (C=O) groups excluding carboxylic acids is 1. The van der Waals surface area contributed by atoms with Gasteiger partial charge in [-0.3, -0.25) is 4.79 Å². The highest BCUT2D eigenvalue weighted by Gasteiger charge is 2.32. The minimum absolute atomic E-state index is 0.0519. The van der Waals surface area contributed by atoms with E-state index < -0.39 is 9.84 Å². The molecule has 1 fully saturated rings. The second-order valence-corrected chi connectivity index (χ2v) is 8.42. The van der Waals surface area contributed by atoms with E-state index in [-0.39, 0.29) is 22.6 Å². The van der Waals surface area contributed by atoms with Crippen molar-refractivity contribution in [1.82, 2.24) is 9.78 Å². The molecule has 1 aromatic carbocycles. The van der Waals surface area contributed by atoms with Crippen LogP contribution in [0, 0.1) is 11.8 Å². The summed E-state index contributed by atoms with van der Waals surface area (Å²) in [5.74, 6) is 0.0987. The minimum Gasteiger partial charge on any atom is -0.330 e. The van der Waals surface area contributed by atoms with E-state index in [0.29, 0.717) is 17.9 Å². The first kappa shape index (κ1) is 17.6. The van der Waals surface area contributed by atoms with Gasteiger partial charge in [0, 0.05) is 12.2 Å². The third kappa shape index (κ3) is 3.74. The van der Waals surface area contributed by atoms with Crippen molar-refractivity contribution in [2.75, 3.05) is 18.1 Å². The van der Waals surface area contributed by atoms with Gasteiger partial charge in [0.15, 0.2) is 9.84 Å². The molecule has 1 aliphatic carbocycles. The predicted octanol–water partition coefficient (Wildman–Crippen LogP) is 1.59. The number of nitrogens with two attached hydrogens (primary N) is 1. The summed E-state index contributed by atoms with van der Waals surface area (Å²) >= 11 is 0. The van der Waals surface area contributed by atoms with Gasteiger partial charge in [-0.1, -0.05) is 18.6 Å². The van der Waals surface area contributed by atoms with E-state index in [0.717, 1.165) is 25.5 Å². The molecule has 8 heteroatoms. The summed E-state index contributed by atoms with van der Waals surface area (Å²) in [4.78, 5) is 12.6.